The van der Waals surface area contributed by atoms with Crippen molar-refractivity contribution in [2.45, 2.75) is 13.1 Å². The number of benzene rings is 2. The third-order valence-corrected chi connectivity index (χ3v) is 5.19. The summed E-state index contributed by atoms with van der Waals surface area (Å²) in [4.78, 5) is 0. The molecule has 0 saturated heterocycles. The van der Waals surface area contributed by atoms with Gasteiger partial charge in [0, 0.05) is 28.0 Å². The van der Waals surface area contributed by atoms with Crippen LogP contribution in [-0.4, -0.2) is 24.7 Å². The number of halogens is 3. The van der Waals surface area contributed by atoms with Gasteiger partial charge in [0.25, 0.3) is 0 Å². The van der Waals surface area contributed by atoms with Crippen LogP contribution in [0.3, 0.4) is 0 Å². The summed E-state index contributed by atoms with van der Waals surface area (Å²) < 4.78 is 17.3. The number of rotatable bonds is 6. The Labute approximate surface area is 193 Å². The highest BCUT2D eigenvalue weighted by Gasteiger charge is 2.09. The predicted molar refractivity (Wildman–Crippen MR) is 125 cm³/mol. The van der Waals surface area contributed by atoms with Gasteiger partial charge in [-0.15, -0.1) is 0 Å². The molecular formula is C21H17Cl2FN6S. The topological polar surface area (TPSA) is 59.7 Å². The first-order chi connectivity index (χ1) is 15.0. The second kappa shape index (κ2) is 9.47. The van der Waals surface area contributed by atoms with Crippen molar-refractivity contribution in [3.63, 3.8) is 0 Å². The van der Waals surface area contributed by atoms with E-state index in [9.17, 15) is 4.39 Å². The maximum absolute atomic E-state index is 14.0. The van der Waals surface area contributed by atoms with E-state index in [0.29, 0.717) is 33.0 Å². The average molecular weight is 475 g/mol. The van der Waals surface area contributed by atoms with Crippen LogP contribution in [0.4, 0.5) is 15.8 Å². The Kier molecular flexibility index (Phi) is 6.50. The summed E-state index contributed by atoms with van der Waals surface area (Å²) in [7, 11) is 0. The van der Waals surface area contributed by atoms with Gasteiger partial charge in [0.15, 0.2) is 5.11 Å². The smallest absolute Gasteiger partial charge is 0.175 e. The summed E-state index contributed by atoms with van der Waals surface area (Å²) in [6.07, 6.45) is 6.85. The largest absolute Gasteiger partial charge is 0.330 e. The molecule has 2 aromatic carbocycles. The lowest BCUT2D eigenvalue weighted by Gasteiger charge is -2.07. The summed E-state index contributed by atoms with van der Waals surface area (Å²) in [5.41, 5.74) is 2.83. The molecular weight excluding hydrogens is 458 g/mol. The Balaban J connectivity index is 1.34. The second-order valence-electron chi connectivity index (χ2n) is 6.76. The van der Waals surface area contributed by atoms with Crippen LogP contribution in [0.15, 0.2) is 67.3 Å². The Morgan fingerprint density at radius 1 is 0.935 bits per heavy atom. The minimum Gasteiger partial charge on any atom is -0.330 e. The van der Waals surface area contributed by atoms with E-state index >= 15 is 0 Å². The van der Waals surface area contributed by atoms with E-state index < -0.39 is 0 Å². The number of hydrogen-bond acceptors (Lipinski definition) is 3. The summed E-state index contributed by atoms with van der Waals surface area (Å²) in [6.45, 7) is 0.803. The van der Waals surface area contributed by atoms with E-state index in [2.05, 4.69) is 20.8 Å². The molecule has 0 radical (unpaired) electrons. The van der Waals surface area contributed by atoms with Crippen LogP contribution in [0.25, 0.3) is 0 Å². The zero-order chi connectivity index (χ0) is 21.8. The van der Waals surface area contributed by atoms with Crippen LogP contribution in [0.1, 0.15) is 11.1 Å². The number of aromatic nitrogens is 4. The molecule has 4 rings (SSSR count). The van der Waals surface area contributed by atoms with Crippen LogP contribution in [-0.2, 0) is 13.1 Å². The van der Waals surface area contributed by atoms with Gasteiger partial charge < -0.3 is 10.6 Å². The van der Waals surface area contributed by atoms with Crippen molar-refractivity contribution in [3.8, 4) is 0 Å². The SMILES string of the molecule is Fc1cccc(Cl)c1Cn1cc(NC(=S)Nc2cnn(Cc3cccc(Cl)c3)c2)cn1. The maximum atomic E-state index is 14.0. The molecule has 0 aliphatic rings. The van der Waals surface area contributed by atoms with Crippen LogP contribution < -0.4 is 10.6 Å². The lowest BCUT2D eigenvalue weighted by Crippen LogP contribution is -2.18. The van der Waals surface area contributed by atoms with Crippen LogP contribution in [0.5, 0.6) is 0 Å². The van der Waals surface area contributed by atoms with Crippen LogP contribution >= 0.6 is 35.4 Å². The molecule has 6 nitrogen and oxygen atoms in total. The number of anilines is 2. The first kappa shape index (κ1) is 21.3. The van der Waals surface area contributed by atoms with Gasteiger partial charge in [-0.25, -0.2) is 4.39 Å². The minimum absolute atomic E-state index is 0.212. The fourth-order valence-corrected chi connectivity index (χ4v) is 3.66. The van der Waals surface area contributed by atoms with E-state index in [1.807, 2.05) is 30.5 Å². The lowest BCUT2D eigenvalue weighted by molar-refractivity contribution is 0.585. The molecule has 0 saturated carbocycles. The molecule has 31 heavy (non-hydrogen) atoms. The van der Waals surface area contributed by atoms with E-state index in [0.717, 1.165) is 11.3 Å². The summed E-state index contributed by atoms with van der Waals surface area (Å²) in [6, 6.07) is 12.2. The first-order valence-corrected chi connectivity index (χ1v) is 10.4. The van der Waals surface area contributed by atoms with Gasteiger partial charge in [-0.3, -0.25) is 9.36 Å². The van der Waals surface area contributed by atoms with Gasteiger partial charge in [0.1, 0.15) is 5.82 Å². The van der Waals surface area contributed by atoms with Crippen molar-refractivity contribution >= 4 is 51.9 Å². The molecule has 0 aliphatic heterocycles. The van der Waals surface area contributed by atoms with E-state index in [1.165, 1.54) is 6.07 Å². The normalized spacial score (nSPS) is 10.8. The molecule has 2 N–H and O–H groups in total. The second-order valence-corrected chi connectivity index (χ2v) is 8.01. The Hall–Kier alpha value is -2.94. The van der Waals surface area contributed by atoms with E-state index in [4.69, 9.17) is 35.4 Å². The Morgan fingerprint density at radius 2 is 1.58 bits per heavy atom. The zero-order valence-corrected chi connectivity index (χ0v) is 18.4. The fourth-order valence-electron chi connectivity index (χ4n) is 2.99. The molecule has 0 bridgehead atoms. The van der Waals surface area contributed by atoms with Crippen molar-refractivity contribution in [2.24, 2.45) is 0 Å². The molecule has 2 heterocycles. The van der Waals surface area contributed by atoms with Crippen LogP contribution in [0, 0.1) is 5.82 Å². The molecule has 158 valence electrons. The Bertz CT molecular complexity index is 1200. The average Bonchev–Trinajstić information content (AvgIpc) is 3.34. The van der Waals surface area contributed by atoms with Crippen LogP contribution in [0.2, 0.25) is 10.0 Å². The zero-order valence-electron chi connectivity index (χ0n) is 16.1. The van der Waals surface area contributed by atoms with Gasteiger partial charge in [0.2, 0.25) is 0 Å². The fraction of sp³-hybridized carbons (Fsp3) is 0.0952. The quantitative estimate of drug-likeness (QED) is 0.364. The highest BCUT2D eigenvalue weighted by Crippen LogP contribution is 2.20. The van der Waals surface area contributed by atoms with Crippen molar-refractivity contribution < 1.29 is 4.39 Å². The minimum atomic E-state index is -0.371. The summed E-state index contributed by atoms with van der Waals surface area (Å²) >= 11 is 17.5. The van der Waals surface area contributed by atoms with Crippen molar-refractivity contribution in [1.82, 2.24) is 19.6 Å². The van der Waals surface area contributed by atoms with Gasteiger partial charge >= 0.3 is 0 Å². The number of nitrogens with one attached hydrogen (secondary N) is 2. The van der Waals surface area contributed by atoms with Crippen molar-refractivity contribution in [2.75, 3.05) is 10.6 Å². The summed E-state index contributed by atoms with van der Waals surface area (Å²) in [5.74, 6) is -0.371. The molecule has 0 spiro atoms. The third-order valence-electron chi connectivity index (χ3n) is 4.40. The Morgan fingerprint density at radius 3 is 2.23 bits per heavy atom. The molecule has 0 amide bonds. The monoisotopic (exact) mass is 474 g/mol. The maximum Gasteiger partial charge on any atom is 0.175 e. The van der Waals surface area contributed by atoms with Crippen molar-refractivity contribution in [3.05, 3.63) is 94.2 Å². The standard InChI is InChI=1S/C21H17Cl2FN6S/c22-15-4-1-3-14(7-15)10-29-11-16(8-25-29)27-21(31)28-17-9-26-30(12-17)13-18-19(23)5-2-6-20(18)24/h1-9,11-12H,10,13H2,(H2,27,28,31). The van der Waals surface area contributed by atoms with Crippen molar-refractivity contribution in [1.29, 1.82) is 0 Å². The van der Waals surface area contributed by atoms with E-state index in [-0.39, 0.29) is 12.4 Å². The van der Waals surface area contributed by atoms with E-state index in [1.54, 1.807) is 40.1 Å². The number of hydrogen-bond donors (Lipinski definition) is 2. The first-order valence-electron chi connectivity index (χ1n) is 9.26. The number of nitrogens with zero attached hydrogens (tertiary/aromatic N) is 4. The van der Waals surface area contributed by atoms with Gasteiger partial charge in [-0.1, -0.05) is 41.4 Å². The van der Waals surface area contributed by atoms with Gasteiger partial charge in [-0.2, -0.15) is 10.2 Å². The molecule has 0 unspecified atom stereocenters. The molecule has 0 fully saturated rings. The molecule has 10 heteroatoms. The number of thiocarbonyl (C=S) groups is 1. The lowest BCUT2D eigenvalue weighted by atomic mass is 10.2. The summed E-state index contributed by atoms with van der Waals surface area (Å²) in [5, 5.41) is 16.1. The van der Waals surface area contributed by atoms with Gasteiger partial charge in [-0.05, 0) is 42.0 Å². The highest BCUT2D eigenvalue weighted by molar-refractivity contribution is 7.80. The highest BCUT2D eigenvalue weighted by atomic mass is 35.5. The molecule has 2 aromatic heterocycles. The predicted octanol–water partition coefficient (Wildman–Crippen LogP) is 5.43. The molecule has 0 aliphatic carbocycles. The molecule has 4 aromatic rings. The third kappa shape index (κ3) is 5.61. The molecule has 0 atom stereocenters. The van der Waals surface area contributed by atoms with Gasteiger partial charge in [0.05, 0.1) is 36.9 Å².